The Morgan fingerprint density at radius 2 is 2.14 bits per heavy atom. The maximum atomic E-state index is 9.57. The first-order chi connectivity index (χ1) is 10.1. The van der Waals surface area contributed by atoms with Crippen molar-refractivity contribution in [3.63, 3.8) is 0 Å². The van der Waals surface area contributed by atoms with Gasteiger partial charge in [-0.25, -0.2) is 0 Å². The quantitative estimate of drug-likeness (QED) is 0.942. The van der Waals surface area contributed by atoms with Gasteiger partial charge >= 0.3 is 0 Å². The molecule has 0 bridgehead atoms. The van der Waals surface area contributed by atoms with Gasteiger partial charge in [0.25, 0.3) is 0 Å². The van der Waals surface area contributed by atoms with Crippen LogP contribution in [0.3, 0.4) is 0 Å². The zero-order chi connectivity index (χ0) is 15.0. The summed E-state index contributed by atoms with van der Waals surface area (Å²) in [6.07, 6.45) is 4.88. The molecule has 0 saturated carbocycles. The Balaban J connectivity index is 2.00. The van der Waals surface area contributed by atoms with Gasteiger partial charge in [-0.3, -0.25) is 4.68 Å². The molecule has 1 aromatic heterocycles. The largest absolute Gasteiger partial charge is 0.396 e. The minimum Gasteiger partial charge on any atom is -0.396 e. The average Bonchev–Trinajstić information content (AvgIpc) is 2.91. The molecular formula is C17H23N3O. The molecule has 0 amide bonds. The third kappa shape index (κ3) is 2.68. The number of aliphatic hydroxyl groups is 1. The SMILES string of the molecule is CC(C)N1C[C@H](CO)Cc2cc(-c3cnn(C)c3)ccc21. The molecule has 1 atom stereocenters. The van der Waals surface area contributed by atoms with E-state index in [1.807, 2.05) is 24.1 Å². The van der Waals surface area contributed by atoms with Crippen LogP contribution in [0.2, 0.25) is 0 Å². The van der Waals surface area contributed by atoms with Crippen LogP contribution in [0.15, 0.2) is 30.6 Å². The maximum Gasteiger partial charge on any atom is 0.0568 e. The van der Waals surface area contributed by atoms with Crippen molar-refractivity contribution in [1.82, 2.24) is 9.78 Å². The minimum atomic E-state index is 0.250. The highest BCUT2D eigenvalue weighted by atomic mass is 16.3. The van der Waals surface area contributed by atoms with Crippen LogP contribution in [0.5, 0.6) is 0 Å². The second-order valence-electron chi connectivity index (χ2n) is 6.25. The van der Waals surface area contributed by atoms with Crippen molar-refractivity contribution < 1.29 is 5.11 Å². The molecule has 3 rings (SSSR count). The van der Waals surface area contributed by atoms with Crippen LogP contribution in [-0.4, -0.2) is 34.1 Å². The number of aromatic nitrogens is 2. The number of anilines is 1. The van der Waals surface area contributed by atoms with E-state index in [4.69, 9.17) is 0 Å². The molecule has 0 unspecified atom stereocenters. The lowest BCUT2D eigenvalue weighted by molar-refractivity contribution is 0.222. The number of aryl methyl sites for hydroxylation is 1. The zero-order valence-electron chi connectivity index (χ0n) is 13.0. The molecule has 1 N–H and O–H groups in total. The van der Waals surface area contributed by atoms with Crippen LogP contribution in [0, 0.1) is 5.92 Å². The first-order valence-corrected chi connectivity index (χ1v) is 7.58. The summed E-state index contributed by atoms with van der Waals surface area (Å²) < 4.78 is 1.83. The average molecular weight is 285 g/mol. The number of nitrogens with zero attached hydrogens (tertiary/aromatic N) is 3. The van der Waals surface area contributed by atoms with Crippen molar-refractivity contribution in [3.8, 4) is 11.1 Å². The van der Waals surface area contributed by atoms with Crippen LogP contribution in [-0.2, 0) is 13.5 Å². The van der Waals surface area contributed by atoms with Gasteiger partial charge in [0.15, 0.2) is 0 Å². The summed E-state index contributed by atoms with van der Waals surface area (Å²) in [5.74, 6) is 0.323. The molecule has 4 nitrogen and oxygen atoms in total. The molecule has 2 aromatic rings. The Morgan fingerprint density at radius 1 is 1.33 bits per heavy atom. The summed E-state index contributed by atoms with van der Waals surface area (Å²) in [5, 5.41) is 13.8. The van der Waals surface area contributed by atoms with Crippen molar-refractivity contribution >= 4 is 5.69 Å². The van der Waals surface area contributed by atoms with E-state index in [1.165, 1.54) is 16.8 Å². The smallest absolute Gasteiger partial charge is 0.0568 e. The number of rotatable bonds is 3. The molecule has 112 valence electrons. The Kier molecular flexibility index (Phi) is 3.72. The minimum absolute atomic E-state index is 0.250. The van der Waals surface area contributed by atoms with E-state index in [2.05, 4.69) is 42.0 Å². The summed E-state index contributed by atoms with van der Waals surface area (Å²) in [7, 11) is 1.93. The third-order valence-electron chi connectivity index (χ3n) is 4.27. The van der Waals surface area contributed by atoms with Crippen LogP contribution >= 0.6 is 0 Å². The van der Waals surface area contributed by atoms with E-state index in [9.17, 15) is 5.11 Å². The van der Waals surface area contributed by atoms with E-state index in [-0.39, 0.29) is 6.61 Å². The standard InChI is InChI=1S/C17H23N3O/c1-12(2)20-9-13(11-21)6-15-7-14(4-5-17(15)20)16-8-18-19(3)10-16/h4-5,7-8,10,12-13,21H,6,9,11H2,1-3H3/t13-/m1/s1. The summed E-state index contributed by atoms with van der Waals surface area (Å²) >= 11 is 0. The van der Waals surface area contributed by atoms with Gasteiger partial charge in [0.1, 0.15) is 0 Å². The van der Waals surface area contributed by atoms with E-state index in [1.54, 1.807) is 0 Å². The number of fused-ring (bicyclic) bond motifs is 1. The van der Waals surface area contributed by atoms with Crippen LogP contribution in [0.1, 0.15) is 19.4 Å². The number of benzene rings is 1. The molecule has 4 heteroatoms. The molecule has 1 aliphatic rings. The third-order valence-corrected chi connectivity index (χ3v) is 4.27. The predicted molar refractivity (Wildman–Crippen MR) is 85.4 cm³/mol. The fourth-order valence-electron chi connectivity index (χ4n) is 3.14. The summed E-state index contributed by atoms with van der Waals surface area (Å²) in [5.41, 5.74) is 4.98. The summed E-state index contributed by atoms with van der Waals surface area (Å²) in [6.45, 7) is 5.60. The molecule has 0 radical (unpaired) electrons. The lowest BCUT2D eigenvalue weighted by atomic mass is 9.90. The lowest BCUT2D eigenvalue weighted by Crippen LogP contribution is -2.41. The van der Waals surface area contributed by atoms with Gasteiger partial charge in [-0.05, 0) is 43.5 Å². The van der Waals surface area contributed by atoms with Gasteiger partial charge < -0.3 is 10.0 Å². The molecule has 1 aromatic carbocycles. The highest BCUT2D eigenvalue weighted by molar-refractivity contribution is 5.69. The van der Waals surface area contributed by atoms with Gasteiger partial charge in [0, 0.05) is 49.6 Å². The second-order valence-corrected chi connectivity index (χ2v) is 6.25. The Hall–Kier alpha value is -1.81. The topological polar surface area (TPSA) is 41.3 Å². The van der Waals surface area contributed by atoms with E-state index >= 15 is 0 Å². The molecule has 0 aliphatic carbocycles. The van der Waals surface area contributed by atoms with Crippen LogP contribution in [0.4, 0.5) is 5.69 Å². The Bertz CT molecular complexity index is 633. The fraction of sp³-hybridized carbons (Fsp3) is 0.471. The lowest BCUT2D eigenvalue weighted by Gasteiger charge is -2.38. The number of hydrogen-bond donors (Lipinski definition) is 1. The number of hydrogen-bond acceptors (Lipinski definition) is 3. The highest BCUT2D eigenvalue weighted by Gasteiger charge is 2.25. The van der Waals surface area contributed by atoms with Crippen molar-refractivity contribution in [1.29, 1.82) is 0 Å². The predicted octanol–water partition coefficient (Wildman–Crippen LogP) is 2.47. The summed E-state index contributed by atoms with van der Waals surface area (Å²) in [4.78, 5) is 2.40. The second kappa shape index (κ2) is 5.53. The van der Waals surface area contributed by atoms with Crippen LogP contribution in [0.25, 0.3) is 11.1 Å². The Morgan fingerprint density at radius 3 is 2.76 bits per heavy atom. The molecule has 0 fully saturated rings. The number of aliphatic hydroxyl groups excluding tert-OH is 1. The zero-order valence-corrected chi connectivity index (χ0v) is 13.0. The molecule has 2 heterocycles. The molecule has 21 heavy (non-hydrogen) atoms. The summed E-state index contributed by atoms with van der Waals surface area (Å²) in [6, 6.07) is 7.08. The van der Waals surface area contributed by atoms with Gasteiger partial charge in [0.05, 0.1) is 6.20 Å². The van der Waals surface area contributed by atoms with Crippen LogP contribution < -0.4 is 4.90 Å². The monoisotopic (exact) mass is 285 g/mol. The first kappa shape index (κ1) is 14.1. The van der Waals surface area contributed by atoms with Crippen molar-refractivity contribution in [3.05, 3.63) is 36.2 Å². The van der Waals surface area contributed by atoms with E-state index < -0.39 is 0 Å². The fourth-order valence-corrected chi connectivity index (χ4v) is 3.14. The Labute approximate surface area is 126 Å². The van der Waals surface area contributed by atoms with Crippen molar-refractivity contribution in [2.24, 2.45) is 13.0 Å². The van der Waals surface area contributed by atoms with Gasteiger partial charge in [-0.15, -0.1) is 0 Å². The molecule has 1 aliphatic heterocycles. The van der Waals surface area contributed by atoms with Crippen molar-refractivity contribution in [2.45, 2.75) is 26.3 Å². The normalized spacial score (nSPS) is 18.1. The molecular weight excluding hydrogens is 262 g/mol. The molecule has 0 saturated heterocycles. The van der Waals surface area contributed by atoms with Gasteiger partial charge in [0.2, 0.25) is 0 Å². The molecule has 0 spiro atoms. The highest BCUT2D eigenvalue weighted by Crippen LogP contribution is 2.34. The maximum absolute atomic E-state index is 9.57. The van der Waals surface area contributed by atoms with E-state index in [0.717, 1.165) is 18.5 Å². The van der Waals surface area contributed by atoms with Gasteiger partial charge in [-0.2, -0.15) is 5.10 Å². The van der Waals surface area contributed by atoms with E-state index in [0.29, 0.717) is 12.0 Å². The first-order valence-electron chi connectivity index (χ1n) is 7.58. The van der Waals surface area contributed by atoms with Crippen molar-refractivity contribution in [2.75, 3.05) is 18.1 Å². The van der Waals surface area contributed by atoms with Gasteiger partial charge in [-0.1, -0.05) is 6.07 Å².